The van der Waals surface area contributed by atoms with Crippen molar-refractivity contribution in [1.29, 1.82) is 0 Å². The molecular formula is C11H14O3. The van der Waals surface area contributed by atoms with Crippen LogP contribution in [0.5, 0.6) is 0 Å². The van der Waals surface area contributed by atoms with Crippen LogP contribution in [0, 0.1) is 0 Å². The molecule has 3 nitrogen and oxygen atoms in total. The Morgan fingerprint density at radius 1 is 1.36 bits per heavy atom. The minimum absolute atomic E-state index is 0.429. The van der Waals surface area contributed by atoms with Gasteiger partial charge in [-0.15, -0.1) is 0 Å². The Hall–Kier alpha value is -1.35. The van der Waals surface area contributed by atoms with E-state index in [0.717, 1.165) is 5.56 Å². The number of carboxylic acids is 1. The minimum Gasteiger partial charge on any atom is -0.479 e. The standard InChI is InChI=1S/C11H14O3/c1-8(11(2,14)10(12)13)9-6-4-3-5-7-9/h3-8,14H,1-2H3,(H,12,13)/t8-,11+/m0/s1. The molecule has 1 aromatic carbocycles. The third kappa shape index (κ3) is 1.93. The van der Waals surface area contributed by atoms with E-state index < -0.39 is 17.5 Å². The van der Waals surface area contributed by atoms with Gasteiger partial charge in [0.2, 0.25) is 0 Å². The first kappa shape index (κ1) is 10.7. The van der Waals surface area contributed by atoms with Gasteiger partial charge >= 0.3 is 5.97 Å². The van der Waals surface area contributed by atoms with Crippen molar-refractivity contribution in [2.24, 2.45) is 0 Å². The van der Waals surface area contributed by atoms with Crippen LogP contribution in [0.3, 0.4) is 0 Å². The van der Waals surface area contributed by atoms with Crippen LogP contribution in [-0.4, -0.2) is 21.8 Å². The van der Waals surface area contributed by atoms with Crippen molar-refractivity contribution >= 4 is 5.97 Å². The zero-order valence-electron chi connectivity index (χ0n) is 8.27. The summed E-state index contributed by atoms with van der Waals surface area (Å²) in [5.74, 6) is -1.63. The largest absolute Gasteiger partial charge is 0.479 e. The molecule has 14 heavy (non-hydrogen) atoms. The first-order chi connectivity index (χ1) is 6.46. The number of carboxylic acid groups (broad SMARTS) is 1. The summed E-state index contributed by atoms with van der Waals surface area (Å²) in [6, 6.07) is 9.11. The van der Waals surface area contributed by atoms with Crippen LogP contribution in [0.1, 0.15) is 25.3 Å². The van der Waals surface area contributed by atoms with E-state index in [0.29, 0.717) is 0 Å². The molecule has 0 amide bonds. The molecule has 0 spiro atoms. The molecule has 0 saturated heterocycles. The van der Waals surface area contributed by atoms with Crippen molar-refractivity contribution in [2.45, 2.75) is 25.4 Å². The second-order valence-electron chi connectivity index (χ2n) is 3.59. The molecule has 0 heterocycles. The Morgan fingerprint density at radius 2 is 1.86 bits per heavy atom. The van der Waals surface area contributed by atoms with Gasteiger partial charge in [0, 0.05) is 5.92 Å². The van der Waals surface area contributed by atoms with Gasteiger partial charge in [0.15, 0.2) is 5.60 Å². The zero-order chi connectivity index (χ0) is 10.8. The lowest BCUT2D eigenvalue weighted by molar-refractivity contribution is -0.158. The predicted molar refractivity (Wildman–Crippen MR) is 53.1 cm³/mol. The van der Waals surface area contributed by atoms with Crippen LogP contribution < -0.4 is 0 Å². The van der Waals surface area contributed by atoms with Crippen molar-refractivity contribution in [2.75, 3.05) is 0 Å². The minimum atomic E-state index is -1.72. The fourth-order valence-electron chi connectivity index (χ4n) is 1.25. The molecule has 0 aromatic heterocycles. The number of aliphatic hydroxyl groups is 1. The highest BCUT2D eigenvalue weighted by atomic mass is 16.4. The summed E-state index contributed by atoms with van der Waals surface area (Å²) in [6.07, 6.45) is 0. The first-order valence-corrected chi connectivity index (χ1v) is 4.47. The maximum atomic E-state index is 10.8. The van der Waals surface area contributed by atoms with E-state index in [9.17, 15) is 9.90 Å². The molecule has 76 valence electrons. The second kappa shape index (κ2) is 3.80. The number of carbonyl (C=O) groups is 1. The predicted octanol–water partition coefficient (Wildman–Crippen LogP) is 1.63. The number of aliphatic carboxylic acids is 1. The third-order valence-electron chi connectivity index (χ3n) is 2.58. The van der Waals surface area contributed by atoms with Crippen molar-refractivity contribution in [3.63, 3.8) is 0 Å². The van der Waals surface area contributed by atoms with Gasteiger partial charge < -0.3 is 10.2 Å². The third-order valence-corrected chi connectivity index (χ3v) is 2.58. The molecule has 3 heteroatoms. The molecule has 0 radical (unpaired) electrons. The fourth-order valence-corrected chi connectivity index (χ4v) is 1.25. The Bertz CT molecular complexity index is 317. The summed E-state index contributed by atoms with van der Waals surface area (Å²) < 4.78 is 0. The van der Waals surface area contributed by atoms with E-state index in [1.54, 1.807) is 6.92 Å². The topological polar surface area (TPSA) is 57.5 Å². The molecule has 1 rings (SSSR count). The normalized spacial score (nSPS) is 17.1. The summed E-state index contributed by atoms with van der Waals surface area (Å²) in [6.45, 7) is 3.01. The molecule has 0 fully saturated rings. The van der Waals surface area contributed by atoms with Gasteiger partial charge in [-0.3, -0.25) is 0 Å². The molecule has 0 bridgehead atoms. The molecule has 0 aliphatic heterocycles. The van der Waals surface area contributed by atoms with Gasteiger partial charge in [0.1, 0.15) is 0 Å². The lowest BCUT2D eigenvalue weighted by atomic mass is 9.85. The quantitative estimate of drug-likeness (QED) is 0.768. The smallest absolute Gasteiger partial charge is 0.336 e. The van der Waals surface area contributed by atoms with E-state index in [-0.39, 0.29) is 0 Å². The lowest BCUT2D eigenvalue weighted by Gasteiger charge is -2.25. The molecule has 0 saturated carbocycles. The summed E-state index contributed by atoms with van der Waals surface area (Å²) in [5, 5.41) is 18.5. The maximum absolute atomic E-state index is 10.8. The molecular weight excluding hydrogens is 180 g/mol. The van der Waals surface area contributed by atoms with Gasteiger partial charge in [-0.05, 0) is 12.5 Å². The molecule has 2 N–H and O–H groups in total. The van der Waals surface area contributed by atoms with Crippen LogP contribution in [0.4, 0.5) is 0 Å². The van der Waals surface area contributed by atoms with E-state index in [2.05, 4.69) is 0 Å². The van der Waals surface area contributed by atoms with Crippen LogP contribution in [0.25, 0.3) is 0 Å². The van der Waals surface area contributed by atoms with Crippen LogP contribution >= 0.6 is 0 Å². The van der Waals surface area contributed by atoms with Gasteiger partial charge in [-0.1, -0.05) is 37.3 Å². The number of benzene rings is 1. The van der Waals surface area contributed by atoms with E-state index in [4.69, 9.17) is 5.11 Å². The molecule has 2 atom stereocenters. The van der Waals surface area contributed by atoms with Gasteiger partial charge in [0.05, 0.1) is 0 Å². The summed E-state index contributed by atoms with van der Waals surface area (Å²) in [4.78, 5) is 10.8. The van der Waals surface area contributed by atoms with E-state index in [1.807, 2.05) is 30.3 Å². The van der Waals surface area contributed by atoms with Crippen LogP contribution in [0.15, 0.2) is 30.3 Å². The summed E-state index contributed by atoms with van der Waals surface area (Å²) in [7, 11) is 0. The Morgan fingerprint density at radius 3 is 2.29 bits per heavy atom. The van der Waals surface area contributed by atoms with E-state index >= 15 is 0 Å². The monoisotopic (exact) mass is 194 g/mol. The fraction of sp³-hybridized carbons (Fsp3) is 0.364. The highest BCUT2D eigenvalue weighted by Crippen LogP contribution is 2.27. The first-order valence-electron chi connectivity index (χ1n) is 4.47. The summed E-state index contributed by atoms with van der Waals surface area (Å²) in [5.41, 5.74) is -0.902. The van der Waals surface area contributed by atoms with Crippen molar-refractivity contribution in [3.05, 3.63) is 35.9 Å². The Labute approximate surface area is 83.0 Å². The molecule has 0 unspecified atom stereocenters. The van der Waals surface area contributed by atoms with Gasteiger partial charge in [-0.2, -0.15) is 0 Å². The SMILES string of the molecule is C[C@@H](c1ccccc1)[C@@](C)(O)C(=O)O. The second-order valence-corrected chi connectivity index (χ2v) is 3.59. The summed E-state index contributed by atoms with van der Waals surface area (Å²) >= 11 is 0. The number of hydrogen-bond acceptors (Lipinski definition) is 2. The Balaban J connectivity index is 2.96. The highest BCUT2D eigenvalue weighted by molar-refractivity contribution is 5.78. The Kier molecular flexibility index (Phi) is 2.91. The highest BCUT2D eigenvalue weighted by Gasteiger charge is 2.37. The zero-order valence-corrected chi connectivity index (χ0v) is 8.27. The lowest BCUT2D eigenvalue weighted by Crippen LogP contribution is -2.40. The molecule has 1 aromatic rings. The van der Waals surface area contributed by atoms with Crippen LogP contribution in [0.2, 0.25) is 0 Å². The van der Waals surface area contributed by atoms with E-state index in [1.165, 1.54) is 6.92 Å². The van der Waals surface area contributed by atoms with Gasteiger partial charge in [-0.25, -0.2) is 4.79 Å². The number of hydrogen-bond donors (Lipinski definition) is 2. The van der Waals surface area contributed by atoms with Gasteiger partial charge in [0.25, 0.3) is 0 Å². The van der Waals surface area contributed by atoms with Crippen molar-refractivity contribution < 1.29 is 15.0 Å². The number of rotatable bonds is 3. The maximum Gasteiger partial charge on any atom is 0.336 e. The van der Waals surface area contributed by atoms with Crippen molar-refractivity contribution in [1.82, 2.24) is 0 Å². The average molecular weight is 194 g/mol. The average Bonchev–Trinajstić information content (AvgIpc) is 2.17. The molecule has 0 aliphatic rings. The van der Waals surface area contributed by atoms with Crippen LogP contribution in [-0.2, 0) is 4.79 Å². The molecule has 0 aliphatic carbocycles. The van der Waals surface area contributed by atoms with Crippen molar-refractivity contribution in [3.8, 4) is 0 Å².